The molecule has 6 saturated carbocycles. The molecule has 6 aliphatic carbocycles. The second-order valence-electron chi connectivity index (χ2n) is 33.8. The summed E-state index contributed by atoms with van der Waals surface area (Å²) in [6, 6.07) is 8.88. The van der Waals surface area contributed by atoms with E-state index in [1.165, 1.54) is 32.0 Å². The Morgan fingerprint density at radius 1 is 0.625 bits per heavy atom. The van der Waals surface area contributed by atoms with Gasteiger partial charge in [-0.05, 0) is 174 Å². The van der Waals surface area contributed by atoms with Crippen LogP contribution in [0.3, 0.4) is 0 Å². The number of allylic oxidation sites excluding steroid dienone is 2. The lowest BCUT2D eigenvalue weighted by atomic mass is 9.77. The molecule has 0 bridgehead atoms. The summed E-state index contributed by atoms with van der Waals surface area (Å²) in [6.07, 6.45) is 12.5. The summed E-state index contributed by atoms with van der Waals surface area (Å²) in [5.41, 5.74) is 1.59. The van der Waals surface area contributed by atoms with Crippen molar-refractivity contribution >= 4 is 104 Å². The number of H-pyrrole nitrogens is 1. The predicted molar refractivity (Wildman–Crippen MR) is 399 cm³/mol. The summed E-state index contributed by atoms with van der Waals surface area (Å²) in [5, 5.41) is 12.1. The minimum absolute atomic E-state index is 0.0114. The van der Waals surface area contributed by atoms with E-state index in [4.69, 9.17) is 56.6 Å². The molecule has 8 fully saturated rings. The molecule has 4 aromatic rings. The molecule has 2 aromatic heterocycles. The predicted octanol–water partition coefficient (Wildman–Crippen LogP) is 15.3. The van der Waals surface area contributed by atoms with Crippen LogP contribution in [0.25, 0.3) is 34.0 Å². The number of pyridine rings is 2. The zero-order valence-electron chi connectivity index (χ0n) is 63.6. The Morgan fingerprint density at radius 2 is 1.11 bits per heavy atom. The Hall–Kier alpha value is -7.32. The van der Waals surface area contributed by atoms with Gasteiger partial charge in [0.25, 0.3) is 0 Å². The van der Waals surface area contributed by atoms with Gasteiger partial charge in [-0.25, -0.2) is 4.98 Å². The summed E-state index contributed by atoms with van der Waals surface area (Å²) < 4.78 is 33.9. The third kappa shape index (κ3) is 17.7. The number of carbonyl (C=O) groups is 8. The molecule has 2 aliphatic heterocycles. The number of nitrogens with one attached hydrogen (secondary N) is 1. The molecular formula is C82H108Cl2N4O16. The summed E-state index contributed by atoms with van der Waals surface area (Å²) in [7, 11) is 4.45. The molecule has 2 amide bonds. The molecule has 104 heavy (non-hydrogen) atoms. The molecule has 566 valence electrons. The highest BCUT2D eigenvalue weighted by molar-refractivity contribution is 6.37. The van der Waals surface area contributed by atoms with Gasteiger partial charge in [-0.3, -0.25) is 43.2 Å². The maximum Gasteiger partial charge on any atom is 0.312 e. The quantitative estimate of drug-likeness (QED) is 0.0488. The van der Waals surface area contributed by atoms with E-state index in [0.717, 1.165) is 60.8 Å². The Bertz CT molecular complexity index is 4080. The van der Waals surface area contributed by atoms with Gasteiger partial charge in [-0.2, -0.15) is 0 Å². The molecule has 20 nitrogen and oxygen atoms in total. The van der Waals surface area contributed by atoms with E-state index in [9.17, 15) is 48.3 Å². The number of likely N-dealkylation sites (tertiary alicyclic amines) is 2. The number of aromatic amines is 1. The zero-order valence-corrected chi connectivity index (χ0v) is 65.1. The first-order valence-corrected chi connectivity index (χ1v) is 38.1. The summed E-state index contributed by atoms with van der Waals surface area (Å²) in [5.74, 6) is 0.312. The van der Waals surface area contributed by atoms with Crippen molar-refractivity contribution in [2.24, 2.45) is 74.9 Å². The van der Waals surface area contributed by atoms with Crippen molar-refractivity contribution in [3.05, 3.63) is 79.2 Å². The Labute approximate surface area is 621 Å². The number of rotatable bonds is 24. The van der Waals surface area contributed by atoms with E-state index in [1.807, 2.05) is 114 Å². The van der Waals surface area contributed by atoms with Gasteiger partial charge >= 0.3 is 23.9 Å². The van der Waals surface area contributed by atoms with Crippen LogP contribution in [0.1, 0.15) is 204 Å². The Kier molecular flexibility index (Phi) is 24.1. The average molecular weight is 1480 g/mol. The number of carbonyl (C=O) groups excluding carboxylic acids is 7. The number of Topliss-reactive ketones (excluding diaryl/α,β-unsaturated/α-hetero) is 2. The number of amides is 2. The van der Waals surface area contributed by atoms with Crippen LogP contribution in [0.5, 0.6) is 17.2 Å². The molecular weight excluding hydrogens is 1370 g/mol. The van der Waals surface area contributed by atoms with Crippen LogP contribution in [0, 0.1) is 74.9 Å². The number of aliphatic carboxylic acids is 1. The fourth-order valence-electron chi connectivity index (χ4n) is 17.1. The van der Waals surface area contributed by atoms with E-state index in [-0.39, 0.29) is 109 Å². The number of esters is 3. The second-order valence-corrected chi connectivity index (χ2v) is 34.6. The van der Waals surface area contributed by atoms with Crippen molar-refractivity contribution in [3.63, 3.8) is 0 Å². The van der Waals surface area contributed by atoms with Gasteiger partial charge in [-0.15, -0.1) is 0 Å². The maximum atomic E-state index is 14.6. The first-order chi connectivity index (χ1) is 49.0. The highest BCUT2D eigenvalue weighted by Gasteiger charge is 2.63. The first kappa shape index (κ1) is 79.2. The molecule has 4 heterocycles. The third-order valence-electron chi connectivity index (χ3n) is 23.4. The lowest BCUT2D eigenvalue weighted by molar-refractivity contribution is -0.157. The monoisotopic (exact) mass is 1470 g/mol. The number of ether oxygens (including phenoxy) is 6. The summed E-state index contributed by atoms with van der Waals surface area (Å²) >= 11 is 12.9. The number of aromatic nitrogens is 2. The number of ketones is 2. The van der Waals surface area contributed by atoms with Gasteiger partial charge in [0.05, 0.1) is 92.2 Å². The first-order valence-electron chi connectivity index (χ1n) is 37.4. The van der Waals surface area contributed by atoms with Crippen molar-refractivity contribution in [2.45, 2.75) is 223 Å². The number of carboxylic acids is 1. The molecule has 16 atom stereocenters. The van der Waals surface area contributed by atoms with Crippen LogP contribution in [0.4, 0.5) is 0 Å². The van der Waals surface area contributed by atoms with Crippen molar-refractivity contribution in [3.8, 4) is 17.2 Å². The Balaban J connectivity index is 0.000000188. The lowest BCUT2D eigenvalue weighted by Gasteiger charge is -2.35. The van der Waals surface area contributed by atoms with Gasteiger partial charge in [0.2, 0.25) is 11.8 Å². The molecule has 22 heteroatoms. The van der Waals surface area contributed by atoms with E-state index >= 15 is 0 Å². The van der Waals surface area contributed by atoms with Crippen LogP contribution < -0.4 is 19.6 Å². The fourth-order valence-corrected chi connectivity index (χ4v) is 17.7. The molecule has 0 radical (unpaired) electrons. The van der Waals surface area contributed by atoms with Gasteiger partial charge < -0.3 is 48.3 Å². The molecule has 2 saturated heterocycles. The fraction of sp³-hybridized carbons (Fsp3) is 0.634. The number of benzene rings is 2. The molecule has 2 unspecified atom stereocenters. The number of nitrogens with zero attached hydrogens (tertiary/aromatic N) is 3. The summed E-state index contributed by atoms with van der Waals surface area (Å²) in [4.78, 5) is 130. The number of methoxy groups -OCH3 is 3. The zero-order chi connectivity index (χ0) is 76.0. The topological polar surface area (TPSA) is 264 Å². The molecule has 2 N–H and O–H groups in total. The third-order valence-corrected chi connectivity index (χ3v) is 24.1. The number of fused-ring (bicyclic) bond motifs is 4. The van der Waals surface area contributed by atoms with E-state index in [1.54, 1.807) is 36.3 Å². The van der Waals surface area contributed by atoms with Crippen molar-refractivity contribution in [1.82, 2.24) is 19.8 Å². The minimum Gasteiger partial charge on any atom is -0.495 e. The van der Waals surface area contributed by atoms with Crippen molar-refractivity contribution in [1.29, 1.82) is 0 Å². The second kappa shape index (κ2) is 31.6. The number of halogens is 2. The Morgan fingerprint density at radius 3 is 1.58 bits per heavy atom. The van der Waals surface area contributed by atoms with E-state index < -0.39 is 63.6 Å². The van der Waals surface area contributed by atoms with E-state index in [2.05, 4.69) is 4.98 Å². The minimum atomic E-state index is -1.12. The smallest absolute Gasteiger partial charge is 0.312 e. The van der Waals surface area contributed by atoms with Crippen LogP contribution in [-0.4, -0.2) is 137 Å². The largest absolute Gasteiger partial charge is 0.495 e. The molecule has 0 spiro atoms. The van der Waals surface area contributed by atoms with Crippen LogP contribution >= 0.6 is 23.2 Å². The van der Waals surface area contributed by atoms with Gasteiger partial charge in [-0.1, -0.05) is 110 Å². The van der Waals surface area contributed by atoms with Crippen molar-refractivity contribution in [2.75, 3.05) is 34.4 Å². The molecule has 12 rings (SSSR count). The van der Waals surface area contributed by atoms with Gasteiger partial charge in [0, 0.05) is 54.4 Å². The van der Waals surface area contributed by atoms with Gasteiger partial charge in [0.1, 0.15) is 45.6 Å². The maximum absolute atomic E-state index is 14.6. The lowest BCUT2D eigenvalue weighted by Crippen LogP contribution is -2.48. The highest BCUT2D eigenvalue weighted by Crippen LogP contribution is 2.60. The van der Waals surface area contributed by atoms with E-state index in [0.29, 0.717) is 98.9 Å². The normalized spacial score (nSPS) is 28.0. The highest BCUT2D eigenvalue weighted by atomic mass is 35.5. The molecule has 2 aromatic carbocycles. The van der Waals surface area contributed by atoms with Gasteiger partial charge in [0.15, 0.2) is 17.0 Å². The summed E-state index contributed by atoms with van der Waals surface area (Å²) in [6.45, 7) is 26.1. The van der Waals surface area contributed by atoms with Crippen LogP contribution in [-0.2, 0) is 52.6 Å². The molecule has 8 aliphatic rings. The standard InChI is InChI=1S/C40H51ClN2O8.C28H43NO6.C14H14ClNO2/c1-8-24-18-40(24,38(47)48)19-31(44)30-16-27(50-33-15-25(11-21(2)3)42-36-28(33)9-10-32(49-7)35(36)41)20-43(30)37(46)29(39(4,5)6)17-34(45)51-26-13-22-12-23(22)14-26;1-7-19-13-28(19,26(33)34-6)14-23(30)22-8-16(2)15-29(22)25(32)21(27(3,4)5)12-24(31)35-20-10-17-9-18(17)11-20;1-8(2)6-9-7-11(17)10-4-5-12(18-3)13(15)14(10)16-9/h9-11,15,22-24,26-27,29-30H,8,12-14,16-20H2,1-7H3,(H,47,48);16-22H,7-15H2,1-6H3;4-7H,1-3H3,(H,16,17)/t22-,23+,24-,26?,27-,29-,30+,40-;16-,17-,18+,19+,20?,21+,22-,28+;/m10./s1. The number of hydrogen-bond acceptors (Lipinski definition) is 16. The number of carboxylic acid groups (broad SMARTS) is 1. The van der Waals surface area contributed by atoms with Crippen LogP contribution in [0.2, 0.25) is 10.0 Å². The average Bonchev–Trinajstić information content (AvgIpc) is 1.57. The van der Waals surface area contributed by atoms with Crippen LogP contribution in [0.15, 0.2) is 52.3 Å². The van der Waals surface area contributed by atoms with Crippen molar-refractivity contribution < 1.29 is 71.9 Å². The number of hydrogen-bond donors (Lipinski definition) is 2. The SMILES string of the molecule is CC[C@@H]1C[C@]1(CC(=O)[C@@H]1C[C@@H](Oc2cc(C=C(C)C)nc3c(Cl)c(OC)ccc23)CN1C(=O)[C@@H](CC(=O)OC1C[C@@H]2C[C@@H]2C1)C(C)(C)C)C(=O)O.CC[C@@H]1C[C@]1(CC(=O)[C@@H]1C[C@H](C)CN1C(=O)[C@@H](CC(=O)OC1C[C@@H]2C[C@@H]2C1)C(C)(C)C)C(=O)OC.COc1ccc2c(=O)cc(C=C(C)C)[nH]c2c1Cl.